The lowest BCUT2D eigenvalue weighted by Gasteiger charge is -2.31. The van der Waals surface area contributed by atoms with Crippen molar-refractivity contribution in [3.63, 3.8) is 0 Å². The Kier molecular flexibility index (Phi) is 4.24. The fraction of sp³-hybridized carbons (Fsp3) is 0.316. The largest absolute Gasteiger partial charge is 0.369 e. The normalized spacial score (nSPS) is 17.6. The molecule has 1 atom stereocenters. The van der Waals surface area contributed by atoms with Gasteiger partial charge in [0.05, 0.1) is 11.4 Å². The lowest BCUT2D eigenvalue weighted by atomic mass is 9.98. The Balaban J connectivity index is 1.78. The maximum absolute atomic E-state index is 12.6. The van der Waals surface area contributed by atoms with E-state index >= 15 is 0 Å². The Morgan fingerprint density at radius 2 is 2.12 bits per heavy atom. The second-order valence-corrected chi connectivity index (χ2v) is 7.65. The van der Waals surface area contributed by atoms with Gasteiger partial charge in [0.1, 0.15) is 4.70 Å². The Labute approximate surface area is 154 Å². The number of benzene rings is 1. The Bertz CT molecular complexity index is 1020. The highest BCUT2D eigenvalue weighted by Crippen LogP contribution is 2.32. The number of nitrogens with two attached hydrogens (primary N) is 1. The summed E-state index contributed by atoms with van der Waals surface area (Å²) >= 11 is 1.40. The molecule has 1 unspecified atom stereocenters. The number of fused-ring (bicyclic) bond motifs is 1. The zero-order valence-electron chi connectivity index (χ0n) is 14.5. The van der Waals surface area contributed by atoms with Crippen LogP contribution in [0.3, 0.4) is 0 Å². The molecule has 7 heteroatoms. The quantitative estimate of drug-likeness (QED) is 0.743. The van der Waals surface area contributed by atoms with Gasteiger partial charge in [-0.3, -0.25) is 14.6 Å². The molecule has 2 aromatic heterocycles. The number of primary amides is 1. The molecule has 3 aromatic rings. The summed E-state index contributed by atoms with van der Waals surface area (Å²) in [5.41, 5.74) is 9.22. The number of H-pyrrole nitrogens is 1. The second-order valence-electron chi connectivity index (χ2n) is 6.77. The van der Waals surface area contributed by atoms with E-state index in [0.29, 0.717) is 22.7 Å². The van der Waals surface area contributed by atoms with Crippen molar-refractivity contribution in [1.82, 2.24) is 9.97 Å². The number of nitrogens with one attached hydrogen (secondary N) is 1. The molecule has 3 N–H and O–H groups in total. The highest BCUT2D eigenvalue weighted by Gasteiger charge is 2.26. The molecule has 1 aromatic carbocycles. The summed E-state index contributed by atoms with van der Waals surface area (Å²) in [5.74, 6) is 0.0120. The van der Waals surface area contributed by atoms with Gasteiger partial charge in [-0.15, -0.1) is 11.3 Å². The second kappa shape index (κ2) is 6.57. The molecule has 0 bridgehead atoms. The van der Waals surface area contributed by atoms with E-state index in [9.17, 15) is 9.59 Å². The molecule has 0 saturated carbocycles. The topological polar surface area (TPSA) is 92.1 Å². The van der Waals surface area contributed by atoms with Crippen LogP contribution in [0, 0.1) is 12.8 Å². The molecule has 0 spiro atoms. The summed E-state index contributed by atoms with van der Waals surface area (Å²) < 4.78 is 0.618. The molecule has 1 fully saturated rings. The van der Waals surface area contributed by atoms with Gasteiger partial charge in [-0.2, -0.15) is 0 Å². The molecule has 134 valence electrons. The van der Waals surface area contributed by atoms with Crippen LogP contribution in [0.25, 0.3) is 21.3 Å². The van der Waals surface area contributed by atoms with Crippen LogP contribution in [0.4, 0.5) is 5.95 Å². The summed E-state index contributed by atoms with van der Waals surface area (Å²) in [7, 11) is 0. The number of hydrogen-bond donors (Lipinski definition) is 2. The van der Waals surface area contributed by atoms with Crippen LogP contribution in [0.5, 0.6) is 0 Å². The number of amides is 1. The van der Waals surface area contributed by atoms with Gasteiger partial charge >= 0.3 is 0 Å². The maximum Gasteiger partial charge on any atom is 0.270 e. The van der Waals surface area contributed by atoms with Crippen LogP contribution in [0.1, 0.15) is 18.4 Å². The van der Waals surface area contributed by atoms with Crippen LogP contribution in [0.15, 0.2) is 34.4 Å². The number of nitrogens with zero attached hydrogens (tertiary/aromatic N) is 2. The molecule has 1 amide bonds. The first-order valence-electron chi connectivity index (χ1n) is 8.66. The van der Waals surface area contributed by atoms with Gasteiger partial charge in [0.15, 0.2) is 0 Å². The number of carbonyl (C=O) groups excluding carboxylic acids is 1. The zero-order valence-corrected chi connectivity index (χ0v) is 15.3. The molecule has 3 heterocycles. The fourth-order valence-electron chi connectivity index (χ4n) is 3.41. The van der Waals surface area contributed by atoms with Crippen LogP contribution in [-0.2, 0) is 4.79 Å². The third kappa shape index (κ3) is 2.99. The van der Waals surface area contributed by atoms with E-state index in [-0.39, 0.29) is 17.4 Å². The average molecular weight is 368 g/mol. The highest BCUT2D eigenvalue weighted by molar-refractivity contribution is 7.17. The van der Waals surface area contributed by atoms with E-state index in [0.717, 1.165) is 30.5 Å². The molecule has 26 heavy (non-hydrogen) atoms. The number of rotatable bonds is 3. The van der Waals surface area contributed by atoms with E-state index in [2.05, 4.69) is 17.1 Å². The lowest BCUT2D eigenvalue weighted by Crippen LogP contribution is -2.42. The third-order valence-corrected chi connectivity index (χ3v) is 5.87. The van der Waals surface area contributed by atoms with E-state index in [1.807, 2.05) is 29.3 Å². The zero-order chi connectivity index (χ0) is 18.3. The van der Waals surface area contributed by atoms with E-state index < -0.39 is 0 Å². The summed E-state index contributed by atoms with van der Waals surface area (Å²) in [6.07, 6.45) is 1.63. The first-order valence-corrected chi connectivity index (χ1v) is 9.53. The Morgan fingerprint density at radius 3 is 2.85 bits per heavy atom. The van der Waals surface area contributed by atoms with Crippen molar-refractivity contribution in [3.05, 3.63) is 45.6 Å². The number of carbonyl (C=O) groups is 1. The predicted octanol–water partition coefficient (Wildman–Crippen LogP) is 2.66. The number of piperidine rings is 1. The smallest absolute Gasteiger partial charge is 0.270 e. The van der Waals surface area contributed by atoms with Gasteiger partial charge in [0.2, 0.25) is 11.9 Å². The molecule has 0 aliphatic carbocycles. The first-order chi connectivity index (χ1) is 12.5. The fourth-order valence-corrected chi connectivity index (χ4v) is 4.31. The van der Waals surface area contributed by atoms with E-state index in [1.165, 1.54) is 16.9 Å². The summed E-state index contributed by atoms with van der Waals surface area (Å²) in [5, 5.41) is 1.98. The molecular weight excluding hydrogens is 348 g/mol. The van der Waals surface area contributed by atoms with Gasteiger partial charge in [-0.25, -0.2) is 4.98 Å². The van der Waals surface area contributed by atoms with Gasteiger partial charge < -0.3 is 10.6 Å². The number of hydrogen-bond acceptors (Lipinski definition) is 5. The highest BCUT2D eigenvalue weighted by atomic mass is 32.1. The monoisotopic (exact) mass is 368 g/mol. The maximum atomic E-state index is 12.6. The molecule has 4 rings (SSSR count). The standard InChI is InChI=1S/C19H20N4O2S/c1-11-4-6-12(7-5-11)14-10-26-16-15(14)21-19(22-18(16)25)23-8-2-3-13(9-23)17(20)24/h4-7,10,13H,2-3,8-9H2,1H3,(H2,20,24)(H,21,22,25). The molecule has 1 aliphatic rings. The van der Waals surface area contributed by atoms with Crippen LogP contribution >= 0.6 is 11.3 Å². The molecule has 1 saturated heterocycles. The number of anilines is 1. The third-order valence-electron chi connectivity index (χ3n) is 4.90. The van der Waals surface area contributed by atoms with E-state index in [4.69, 9.17) is 10.7 Å². The Morgan fingerprint density at radius 1 is 1.35 bits per heavy atom. The van der Waals surface area contributed by atoms with Gasteiger partial charge in [0.25, 0.3) is 5.56 Å². The van der Waals surface area contributed by atoms with Gasteiger partial charge in [-0.1, -0.05) is 29.8 Å². The number of aromatic amines is 1. The summed E-state index contributed by atoms with van der Waals surface area (Å²) in [6.45, 7) is 3.29. The van der Waals surface area contributed by atoms with Gasteiger partial charge in [0, 0.05) is 24.0 Å². The van der Waals surface area contributed by atoms with Crippen molar-refractivity contribution < 1.29 is 4.79 Å². The van der Waals surface area contributed by atoms with Crippen molar-refractivity contribution in [1.29, 1.82) is 0 Å². The van der Waals surface area contributed by atoms with Crippen molar-refractivity contribution in [2.75, 3.05) is 18.0 Å². The van der Waals surface area contributed by atoms with Crippen LogP contribution in [-0.4, -0.2) is 29.0 Å². The molecule has 6 nitrogen and oxygen atoms in total. The minimum Gasteiger partial charge on any atom is -0.369 e. The molecule has 0 radical (unpaired) electrons. The molecular formula is C19H20N4O2S. The minimum atomic E-state index is -0.297. The number of aromatic nitrogens is 2. The SMILES string of the molecule is Cc1ccc(-c2csc3c(=O)[nH]c(N4CCCC(C(N)=O)C4)nc23)cc1. The average Bonchev–Trinajstić information content (AvgIpc) is 3.07. The molecule has 1 aliphatic heterocycles. The summed E-state index contributed by atoms with van der Waals surface area (Å²) in [4.78, 5) is 33.7. The van der Waals surface area contributed by atoms with Crippen LogP contribution in [0.2, 0.25) is 0 Å². The van der Waals surface area contributed by atoms with E-state index in [1.54, 1.807) is 0 Å². The Hall–Kier alpha value is -2.67. The predicted molar refractivity (Wildman–Crippen MR) is 105 cm³/mol. The lowest BCUT2D eigenvalue weighted by molar-refractivity contribution is -0.122. The minimum absolute atomic E-state index is 0.144. The van der Waals surface area contributed by atoms with Crippen molar-refractivity contribution in [2.45, 2.75) is 19.8 Å². The van der Waals surface area contributed by atoms with Crippen molar-refractivity contribution >= 4 is 33.4 Å². The number of thiophene rings is 1. The van der Waals surface area contributed by atoms with Crippen LogP contribution < -0.4 is 16.2 Å². The van der Waals surface area contributed by atoms with Crippen molar-refractivity contribution in [3.8, 4) is 11.1 Å². The first kappa shape index (κ1) is 16.8. The van der Waals surface area contributed by atoms with Crippen molar-refractivity contribution in [2.24, 2.45) is 11.7 Å². The number of aryl methyl sites for hydroxylation is 1. The summed E-state index contributed by atoms with van der Waals surface area (Å²) in [6, 6.07) is 8.19. The van der Waals surface area contributed by atoms with Gasteiger partial charge in [-0.05, 0) is 25.3 Å².